The van der Waals surface area contributed by atoms with Gasteiger partial charge in [0.15, 0.2) is 0 Å². The first-order valence-corrected chi connectivity index (χ1v) is 7.28. The third-order valence-corrected chi connectivity index (χ3v) is 5.12. The molecule has 1 aliphatic heterocycles. The summed E-state index contributed by atoms with van der Waals surface area (Å²) in [5.74, 6) is -0.642. The lowest BCUT2D eigenvalue weighted by Gasteiger charge is -2.35. The van der Waals surface area contributed by atoms with Crippen molar-refractivity contribution in [2.75, 3.05) is 13.1 Å². The highest BCUT2D eigenvalue weighted by Gasteiger charge is 2.52. The Bertz CT molecular complexity index is 423. The number of carboxylic acids is 1. The van der Waals surface area contributed by atoms with Crippen molar-refractivity contribution < 1.29 is 14.7 Å². The molecule has 3 aliphatic rings. The summed E-state index contributed by atoms with van der Waals surface area (Å²) in [6, 6.07) is 0. The van der Waals surface area contributed by atoms with Crippen LogP contribution in [0.1, 0.15) is 26.2 Å². The van der Waals surface area contributed by atoms with Gasteiger partial charge in [0.25, 0.3) is 0 Å². The number of nitrogens with zero attached hydrogens (tertiary/aromatic N) is 1. The zero-order valence-electron chi connectivity index (χ0n) is 11.3. The monoisotopic (exact) mass is 263 g/mol. The SMILES string of the molecule is CC1CCN(C(=O)[C@H]2[C@H](C(=O)O)[C@@H]3C=C[C@H]2C3)CC1. The van der Waals surface area contributed by atoms with E-state index < -0.39 is 11.9 Å². The summed E-state index contributed by atoms with van der Waals surface area (Å²) in [7, 11) is 0. The van der Waals surface area contributed by atoms with Gasteiger partial charge in [-0.2, -0.15) is 0 Å². The van der Waals surface area contributed by atoms with Crippen LogP contribution in [0.4, 0.5) is 0 Å². The number of hydrogen-bond acceptors (Lipinski definition) is 2. The second-order valence-electron chi connectivity index (χ2n) is 6.35. The van der Waals surface area contributed by atoms with E-state index in [0.29, 0.717) is 5.92 Å². The van der Waals surface area contributed by atoms with Crippen LogP contribution in [0.15, 0.2) is 12.2 Å². The molecule has 104 valence electrons. The topological polar surface area (TPSA) is 57.6 Å². The van der Waals surface area contributed by atoms with Gasteiger partial charge in [-0.15, -0.1) is 0 Å². The van der Waals surface area contributed by atoms with Crippen molar-refractivity contribution in [3.05, 3.63) is 12.2 Å². The summed E-state index contributed by atoms with van der Waals surface area (Å²) >= 11 is 0. The number of hydrogen-bond donors (Lipinski definition) is 1. The third kappa shape index (κ3) is 2.07. The minimum absolute atomic E-state index is 0.0696. The number of carboxylic acid groups (broad SMARTS) is 1. The minimum Gasteiger partial charge on any atom is -0.481 e. The van der Waals surface area contributed by atoms with Gasteiger partial charge >= 0.3 is 5.97 Å². The van der Waals surface area contributed by atoms with Gasteiger partial charge < -0.3 is 10.0 Å². The van der Waals surface area contributed by atoms with E-state index in [9.17, 15) is 14.7 Å². The van der Waals surface area contributed by atoms with Crippen LogP contribution >= 0.6 is 0 Å². The number of aliphatic carboxylic acids is 1. The molecule has 2 aliphatic carbocycles. The van der Waals surface area contributed by atoms with Gasteiger partial charge in [-0.3, -0.25) is 9.59 Å². The van der Waals surface area contributed by atoms with Crippen molar-refractivity contribution in [3.8, 4) is 0 Å². The van der Waals surface area contributed by atoms with Crippen molar-refractivity contribution >= 4 is 11.9 Å². The lowest BCUT2D eigenvalue weighted by atomic mass is 9.81. The summed E-state index contributed by atoms with van der Waals surface area (Å²) < 4.78 is 0. The Balaban J connectivity index is 1.75. The number of carbonyl (C=O) groups is 2. The van der Waals surface area contributed by atoms with Crippen LogP contribution in [0.2, 0.25) is 0 Å². The summed E-state index contributed by atoms with van der Waals surface area (Å²) in [5, 5.41) is 9.39. The fourth-order valence-corrected chi connectivity index (χ4v) is 3.94. The predicted octanol–water partition coefficient (Wildman–Crippen LogP) is 1.77. The molecule has 1 amide bonds. The fraction of sp³-hybridized carbons (Fsp3) is 0.733. The Morgan fingerprint density at radius 1 is 1.11 bits per heavy atom. The predicted molar refractivity (Wildman–Crippen MR) is 70.3 cm³/mol. The molecular weight excluding hydrogens is 242 g/mol. The molecular formula is C15H21NO3. The van der Waals surface area contributed by atoms with Gasteiger partial charge in [0, 0.05) is 13.1 Å². The molecule has 1 saturated heterocycles. The second kappa shape index (κ2) is 4.66. The van der Waals surface area contributed by atoms with E-state index in [2.05, 4.69) is 13.0 Å². The van der Waals surface area contributed by atoms with Crippen LogP contribution in [0.3, 0.4) is 0 Å². The normalized spacial score (nSPS) is 37.8. The van der Waals surface area contributed by atoms with Gasteiger partial charge in [0.05, 0.1) is 11.8 Å². The third-order valence-electron chi connectivity index (χ3n) is 5.12. The van der Waals surface area contributed by atoms with E-state index in [4.69, 9.17) is 0 Å². The molecule has 2 bridgehead atoms. The maximum atomic E-state index is 12.6. The summed E-state index contributed by atoms with van der Waals surface area (Å²) in [6.45, 7) is 3.80. The lowest BCUT2D eigenvalue weighted by molar-refractivity contribution is -0.151. The molecule has 0 aromatic rings. The molecule has 19 heavy (non-hydrogen) atoms. The minimum atomic E-state index is -0.805. The van der Waals surface area contributed by atoms with Crippen LogP contribution < -0.4 is 0 Å². The molecule has 0 aromatic carbocycles. The van der Waals surface area contributed by atoms with Crippen molar-refractivity contribution in [2.45, 2.75) is 26.2 Å². The molecule has 0 aromatic heterocycles. The molecule has 4 atom stereocenters. The van der Waals surface area contributed by atoms with Crippen LogP contribution in [0.5, 0.6) is 0 Å². The fourth-order valence-electron chi connectivity index (χ4n) is 3.94. The summed E-state index contributed by atoms with van der Waals surface area (Å²) in [6.07, 6.45) is 6.97. The largest absolute Gasteiger partial charge is 0.481 e. The Labute approximate surface area is 113 Å². The number of carbonyl (C=O) groups excluding carboxylic acids is 1. The molecule has 0 unspecified atom stereocenters. The summed E-state index contributed by atoms with van der Waals surface area (Å²) in [4.78, 5) is 26.0. The van der Waals surface area contributed by atoms with Crippen molar-refractivity contribution in [1.82, 2.24) is 4.90 Å². The van der Waals surface area contributed by atoms with Gasteiger partial charge in [-0.25, -0.2) is 0 Å². The lowest BCUT2D eigenvalue weighted by Crippen LogP contribution is -2.45. The number of rotatable bonds is 2. The quantitative estimate of drug-likeness (QED) is 0.772. The highest BCUT2D eigenvalue weighted by Crippen LogP contribution is 2.49. The Morgan fingerprint density at radius 2 is 1.68 bits per heavy atom. The molecule has 1 heterocycles. The number of likely N-dealkylation sites (tertiary alicyclic amines) is 1. The van der Waals surface area contributed by atoms with E-state index in [-0.39, 0.29) is 23.7 Å². The van der Waals surface area contributed by atoms with Crippen LogP contribution in [-0.4, -0.2) is 35.0 Å². The van der Waals surface area contributed by atoms with Gasteiger partial charge in [-0.05, 0) is 37.0 Å². The average molecular weight is 263 g/mol. The van der Waals surface area contributed by atoms with Crippen molar-refractivity contribution in [2.24, 2.45) is 29.6 Å². The average Bonchev–Trinajstić information content (AvgIpc) is 2.98. The molecule has 1 N–H and O–H groups in total. The number of fused-ring (bicyclic) bond motifs is 2. The van der Waals surface area contributed by atoms with E-state index in [1.807, 2.05) is 11.0 Å². The van der Waals surface area contributed by atoms with E-state index in [1.54, 1.807) is 0 Å². The zero-order valence-corrected chi connectivity index (χ0v) is 11.3. The molecule has 2 fully saturated rings. The number of allylic oxidation sites excluding steroid dienone is 2. The molecule has 4 nitrogen and oxygen atoms in total. The first kappa shape index (κ1) is 12.7. The van der Waals surface area contributed by atoms with Crippen molar-refractivity contribution in [3.63, 3.8) is 0 Å². The molecule has 3 rings (SSSR count). The highest BCUT2D eigenvalue weighted by atomic mass is 16.4. The molecule has 0 spiro atoms. The first-order chi connectivity index (χ1) is 9.08. The number of piperidine rings is 1. The number of amides is 1. The Morgan fingerprint density at radius 3 is 2.26 bits per heavy atom. The maximum Gasteiger partial charge on any atom is 0.307 e. The zero-order chi connectivity index (χ0) is 13.6. The highest BCUT2D eigenvalue weighted by molar-refractivity contribution is 5.87. The first-order valence-electron chi connectivity index (χ1n) is 7.28. The van der Waals surface area contributed by atoms with Crippen LogP contribution in [0.25, 0.3) is 0 Å². The Hall–Kier alpha value is -1.32. The Kier molecular flexibility index (Phi) is 3.11. The van der Waals surface area contributed by atoms with Crippen LogP contribution in [-0.2, 0) is 9.59 Å². The van der Waals surface area contributed by atoms with Crippen molar-refractivity contribution in [1.29, 1.82) is 0 Å². The molecule has 4 heteroatoms. The maximum absolute atomic E-state index is 12.6. The van der Waals surface area contributed by atoms with E-state index in [0.717, 1.165) is 32.4 Å². The van der Waals surface area contributed by atoms with Crippen LogP contribution in [0, 0.1) is 29.6 Å². The van der Waals surface area contributed by atoms with Gasteiger partial charge in [0.1, 0.15) is 0 Å². The molecule has 1 saturated carbocycles. The smallest absolute Gasteiger partial charge is 0.307 e. The van der Waals surface area contributed by atoms with E-state index >= 15 is 0 Å². The summed E-state index contributed by atoms with van der Waals surface area (Å²) in [5.41, 5.74) is 0. The second-order valence-corrected chi connectivity index (χ2v) is 6.35. The standard InChI is InChI=1S/C15H21NO3/c1-9-4-6-16(7-5-9)14(17)12-10-2-3-11(8-10)13(12)15(18)19/h2-3,9-13H,4-8H2,1H3,(H,18,19)/t10-,11+,12+,13+/m0/s1. The molecule has 0 radical (unpaired) electrons. The van der Waals surface area contributed by atoms with E-state index in [1.165, 1.54) is 0 Å². The van der Waals surface area contributed by atoms with Gasteiger partial charge in [-0.1, -0.05) is 19.1 Å². The van der Waals surface area contributed by atoms with Gasteiger partial charge in [0.2, 0.25) is 5.91 Å².